The molecule has 1 aromatic carbocycles. The molecule has 24 heavy (non-hydrogen) atoms. The van der Waals surface area contributed by atoms with E-state index in [0.717, 1.165) is 0 Å². The van der Waals surface area contributed by atoms with Crippen LogP contribution >= 0.6 is 0 Å². The fourth-order valence-electron chi connectivity index (χ4n) is 2.31. The summed E-state index contributed by atoms with van der Waals surface area (Å²) in [5.41, 5.74) is 0.713. The fourth-order valence-corrected chi connectivity index (χ4v) is 3.34. The smallest absolute Gasteiger partial charge is 0.339 e. The van der Waals surface area contributed by atoms with Crippen LogP contribution in [-0.2, 0) is 16.6 Å². The maximum absolute atomic E-state index is 12.4. The van der Waals surface area contributed by atoms with Gasteiger partial charge in [-0.3, -0.25) is 4.98 Å². The summed E-state index contributed by atoms with van der Waals surface area (Å²) in [6.07, 6.45) is 1.63. The summed E-state index contributed by atoms with van der Waals surface area (Å²) in [6, 6.07) is 9.43. The van der Waals surface area contributed by atoms with E-state index in [0.29, 0.717) is 10.9 Å². The number of fused-ring (bicyclic) bond motifs is 1. The maximum atomic E-state index is 12.4. The number of aryl methyl sites for hydroxylation is 1. The Morgan fingerprint density at radius 1 is 1.29 bits per heavy atom. The third-order valence-corrected chi connectivity index (χ3v) is 4.92. The highest BCUT2D eigenvalue weighted by Crippen LogP contribution is 2.18. The molecule has 0 aliphatic rings. The summed E-state index contributed by atoms with van der Waals surface area (Å²) in [5.74, 6) is -0.656. The van der Waals surface area contributed by atoms with Crippen LogP contribution in [0.3, 0.4) is 0 Å². The molecule has 2 heterocycles. The van der Waals surface area contributed by atoms with E-state index in [1.807, 2.05) is 0 Å². The highest BCUT2D eigenvalue weighted by Gasteiger charge is 2.18. The van der Waals surface area contributed by atoms with Crippen LogP contribution in [0.2, 0.25) is 0 Å². The molecule has 8 heteroatoms. The minimum absolute atomic E-state index is 0.0148. The molecule has 0 saturated heterocycles. The molecule has 0 amide bonds. The predicted octanol–water partition coefficient (Wildman–Crippen LogP) is 2.31. The van der Waals surface area contributed by atoms with Crippen molar-refractivity contribution >= 4 is 26.9 Å². The zero-order chi connectivity index (χ0) is 17.3. The SMILES string of the molecule is Cc1oc(CNS(=O)(=O)c2ccc3ncccc3c2)cc1C(=O)O. The van der Waals surface area contributed by atoms with Crippen molar-refractivity contribution in [1.29, 1.82) is 0 Å². The van der Waals surface area contributed by atoms with Gasteiger partial charge in [-0.1, -0.05) is 6.07 Å². The van der Waals surface area contributed by atoms with Crippen LogP contribution in [0.1, 0.15) is 21.9 Å². The lowest BCUT2D eigenvalue weighted by Gasteiger charge is -2.06. The number of rotatable bonds is 5. The van der Waals surface area contributed by atoms with Crippen LogP contribution < -0.4 is 4.72 Å². The van der Waals surface area contributed by atoms with Gasteiger partial charge in [0.15, 0.2) is 0 Å². The number of hydrogen-bond acceptors (Lipinski definition) is 5. The van der Waals surface area contributed by atoms with Gasteiger partial charge in [-0.25, -0.2) is 17.9 Å². The van der Waals surface area contributed by atoms with Gasteiger partial charge in [0.25, 0.3) is 0 Å². The minimum atomic E-state index is -3.76. The summed E-state index contributed by atoms with van der Waals surface area (Å²) < 4.78 is 32.4. The molecule has 7 nitrogen and oxygen atoms in total. The van der Waals surface area contributed by atoms with Crippen molar-refractivity contribution in [1.82, 2.24) is 9.71 Å². The number of furan rings is 1. The second kappa shape index (κ2) is 6.06. The van der Waals surface area contributed by atoms with E-state index in [9.17, 15) is 13.2 Å². The van der Waals surface area contributed by atoms with Crippen LogP contribution in [0.4, 0.5) is 0 Å². The second-order valence-electron chi connectivity index (χ2n) is 5.17. The first kappa shape index (κ1) is 16.2. The molecule has 0 fully saturated rings. The predicted molar refractivity (Wildman–Crippen MR) is 86.2 cm³/mol. The highest BCUT2D eigenvalue weighted by atomic mass is 32.2. The van der Waals surface area contributed by atoms with Crippen molar-refractivity contribution in [2.24, 2.45) is 0 Å². The normalized spacial score (nSPS) is 11.7. The van der Waals surface area contributed by atoms with Gasteiger partial charge in [0.2, 0.25) is 10.0 Å². The zero-order valence-electron chi connectivity index (χ0n) is 12.7. The van der Waals surface area contributed by atoms with Gasteiger partial charge in [0.05, 0.1) is 17.0 Å². The van der Waals surface area contributed by atoms with Gasteiger partial charge in [0, 0.05) is 11.6 Å². The largest absolute Gasteiger partial charge is 0.478 e. The number of aromatic nitrogens is 1. The molecule has 0 saturated carbocycles. The molecule has 3 aromatic rings. The topological polar surface area (TPSA) is 110 Å². The van der Waals surface area contributed by atoms with Crippen molar-refractivity contribution in [2.45, 2.75) is 18.4 Å². The third kappa shape index (κ3) is 3.15. The van der Waals surface area contributed by atoms with E-state index >= 15 is 0 Å². The number of benzene rings is 1. The summed E-state index contributed by atoms with van der Waals surface area (Å²) in [7, 11) is -3.76. The van der Waals surface area contributed by atoms with E-state index in [2.05, 4.69) is 9.71 Å². The van der Waals surface area contributed by atoms with Crippen molar-refractivity contribution < 1.29 is 22.7 Å². The van der Waals surface area contributed by atoms with Crippen LogP contribution in [-0.4, -0.2) is 24.5 Å². The number of nitrogens with one attached hydrogen (secondary N) is 1. The number of hydrogen-bond donors (Lipinski definition) is 2. The molecule has 0 spiro atoms. The van der Waals surface area contributed by atoms with Crippen molar-refractivity contribution in [3.63, 3.8) is 0 Å². The first-order valence-electron chi connectivity index (χ1n) is 7.04. The standard InChI is InChI=1S/C16H14N2O5S/c1-10-14(16(19)20)8-12(23-10)9-18-24(21,22)13-4-5-15-11(7-13)3-2-6-17-15/h2-8,18H,9H2,1H3,(H,19,20). The monoisotopic (exact) mass is 346 g/mol. The summed E-state index contributed by atoms with van der Waals surface area (Å²) in [5, 5.41) is 9.69. The molecule has 2 N–H and O–H groups in total. The number of carboxylic acid groups (broad SMARTS) is 1. The van der Waals surface area contributed by atoms with Crippen molar-refractivity contribution in [2.75, 3.05) is 0 Å². The molecule has 0 radical (unpaired) electrons. The van der Waals surface area contributed by atoms with Gasteiger partial charge in [0.1, 0.15) is 17.1 Å². The van der Waals surface area contributed by atoms with Crippen molar-refractivity contribution in [3.05, 3.63) is 59.7 Å². The van der Waals surface area contributed by atoms with E-state index in [1.165, 1.54) is 25.1 Å². The molecular formula is C16H14N2O5S. The second-order valence-corrected chi connectivity index (χ2v) is 6.94. The number of aromatic carboxylic acids is 1. The summed E-state index contributed by atoms with van der Waals surface area (Å²) in [4.78, 5) is 15.2. The highest BCUT2D eigenvalue weighted by molar-refractivity contribution is 7.89. The minimum Gasteiger partial charge on any atom is -0.478 e. The van der Waals surface area contributed by atoms with Crippen LogP contribution in [0.25, 0.3) is 10.9 Å². The maximum Gasteiger partial charge on any atom is 0.339 e. The molecule has 0 aliphatic heterocycles. The number of carboxylic acids is 1. The number of nitrogens with zero attached hydrogens (tertiary/aromatic N) is 1. The Hall–Kier alpha value is -2.71. The molecular weight excluding hydrogens is 332 g/mol. The molecule has 0 unspecified atom stereocenters. The molecule has 0 atom stereocenters. The van der Waals surface area contributed by atoms with E-state index < -0.39 is 16.0 Å². The van der Waals surface area contributed by atoms with Crippen LogP contribution in [0.15, 0.2) is 51.9 Å². The van der Waals surface area contributed by atoms with Crippen LogP contribution in [0, 0.1) is 6.92 Å². The number of pyridine rings is 1. The summed E-state index contributed by atoms with van der Waals surface area (Å²) >= 11 is 0. The van der Waals surface area contributed by atoms with Crippen LogP contribution in [0.5, 0.6) is 0 Å². The van der Waals surface area contributed by atoms with E-state index in [4.69, 9.17) is 9.52 Å². The average molecular weight is 346 g/mol. The van der Waals surface area contributed by atoms with Gasteiger partial charge in [-0.2, -0.15) is 0 Å². The number of sulfonamides is 1. The quantitative estimate of drug-likeness (QED) is 0.734. The Balaban J connectivity index is 1.82. The van der Waals surface area contributed by atoms with E-state index in [1.54, 1.807) is 24.4 Å². The Kier molecular flexibility index (Phi) is 4.08. The van der Waals surface area contributed by atoms with Crippen molar-refractivity contribution in [3.8, 4) is 0 Å². The van der Waals surface area contributed by atoms with Gasteiger partial charge in [-0.05, 0) is 37.3 Å². The van der Waals surface area contributed by atoms with Gasteiger partial charge >= 0.3 is 5.97 Å². The average Bonchev–Trinajstić information content (AvgIpc) is 2.94. The summed E-state index contributed by atoms with van der Waals surface area (Å²) in [6.45, 7) is 1.37. The zero-order valence-corrected chi connectivity index (χ0v) is 13.5. The first-order valence-corrected chi connectivity index (χ1v) is 8.52. The van der Waals surface area contributed by atoms with Gasteiger partial charge < -0.3 is 9.52 Å². The fraction of sp³-hybridized carbons (Fsp3) is 0.125. The first-order chi connectivity index (χ1) is 11.4. The Bertz CT molecular complexity index is 1020. The lowest BCUT2D eigenvalue weighted by molar-refractivity contribution is 0.0695. The lowest BCUT2D eigenvalue weighted by Crippen LogP contribution is -2.23. The molecule has 0 bridgehead atoms. The van der Waals surface area contributed by atoms with E-state index in [-0.39, 0.29) is 28.5 Å². The lowest BCUT2D eigenvalue weighted by atomic mass is 10.2. The Labute approximate surface area is 138 Å². The van der Waals surface area contributed by atoms with Gasteiger partial charge in [-0.15, -0.1) is 0 Å². The molecule has 2 aromatic heterocycles. The number of carbonyl (C=O) groups is 1. The Morgan fingerprint density at radius 2 is 2.08 bits per heavy atom. The Morgan fingerprint density at radius 3 is 2.79 bits per heavy atom. The molecule has 0 aliphatic carbocycles. The molecule has 124 valence electrons. The molecule has 3 rings (SSSR count). The third-order valence-electron chi connectivity index (χ3n) is 3.52.